The van der Waals surface area contributed by atoms with E-state index in [0.29, 0.717) is 13.0 Å². The van der Waals surface area contributed by atoms with E-state index in [-0.39, 0.29) is 0 Å². The van der Waals surface area contributed by atoms with E-state index < -0.39 is 0 Å². The zero-order chi connectivity index (χ0) is 11.1. The third-order valence-electron chi connectivity index (χ3n) is 2.00. The molecule has 1 aromatic rings. The van der Waals surface area contributed by atoms with E-state index in [0.717, 1.165) is 17.1 Å². The van der Waals surface area contributed by atoms with Gasteiger partial charge in [0.1, 0.15) is 11.5 Å². The molecule has 0 saturated heterocycles. The van der Waals surface area contributed by atoms with Crippen molar-refractivity contribution >= 4 is 0 Å². The molecule has 0 bridgehead atoms. The minimum absolute atomic E-state index is 0.500. The second-order valence-electron chi connectivity index (χ2n) is 2.97. The van der Waals surface area contributed by atoms with Crippen LogP contribution in [0.5, 0.6) is 11.5 Å². The molecule has 0 aliphatic carbocycles. The molecule has 0 saturated carbocycles. The van der Waals surface area contributed by atoms with Crippen molar-refractivity contribution in [3.05, 3.63) is 28.7 Å². The zero-order valence-corrected chi connectivity index (χ0v) is 8.82. The Hall–Kier alpha value is -1.78. The monoisotopic (exact) mass is 210 g/mol. The van der Waals surface area contributed by atoms with Crippen LogP contribution in [0, 0.1) is 4.91 Å². The van der Waals surface area contributed by atoms with Gasteiger partial charge in [-0.3, -0.25) is 5.43 Å². The fourth-order valence-electron chi connectivity index (χ4n) is 1.26. The molecule has 0 fully saturated rings. The summed E-state index contributed by atoms with van der Waals surface area (Å²) >= 11 is 0. The van der Waals surface area contributed by atoms with Crippen LogP contribution >= 0.6 is 0 Å². The van der Waals surface area contributed by atoms with Crippen LogP contribution in [0.1, 0.15) is 5.56 Å². The lowest BCUT2D eigenvalue weighted by Crippen LogP contribution is -2.08. The van der Waals surface area contributed by atoms with Gasteiger partial charge in [0.05, 0.1) is 14.2 Å². The van der Waals surface area contributed by atoms with Gasteiger partial charge in [-0.1, -0.05) is 0 Å². The van der Waals surface area contributed by atoms with Gasteiger partial charge in [-0.15, -0.1) is 4.91 Å². The molecule has 0 aromatic heterocycles. The molecule has 0 spiro atoms. The van der Waals surface area contributed by atoms with Crippen LogP contribution < -0.4 is 14.9 Å². The van der Waals surface area contributed by atoms with E-state index >= 15 is 0 Å². The van der Waals surface area contributed by atoms with Crippen molar-refractivity contribution in [3.63, 3.8) is 0 Å². The number of hydrogen-bond donors (Lipinski definition) is 1. The molecule has 0 aliphatic heterocycles. The number of methoxy groups -OCH3 is 2. The first-order chi connectivity index (χ1) is 7.30. The Morgan fingerprint density at radius 2 is 1.80 bits per heavy atom. The SMILES string of the molecule is COc1cc(CCNN=O)cc(OC)c1. The smallest absolute Gasteiger partial charge is 0.122 e. The Bertz CT molecular complexity index is 306. The topological polar surface area (TPSA) is 59.9 Å². The lowest BCUT2D eigenvalue weighted by atomic mass is 10.1. The Morgan fingerprint density at radius 3 is 2.27 bits per heavy atom. The largest absolute Gasteiger partial charge is 0.497 e. The van der Waals surface area contributed by atoms with Crippen LogP contribution in [-0.2, 0) is 6.42 Å². The Morgan fingerprint density at radius 1 is 1.20 bits per heavy atom. The molecule has 0 heterocycles. The first-order valence-corrected chi connectivity index (χ1v) is 4.57. The first kappa shape index (κ1) is 11.3. The summed E-state index contributed by atoms with van der Waals surface area (Å²) in [5.74, 6) is 1.48. The summed E-state index contributed by atoms with van der Waals surface area (Å²) in [6, 6.07) is 5.60. The van der Waals surface area contributed by atoms with Gasteiger partial charge in [0.15, 0.2) is 0 Å². The molecule has 1 rings (SSSR count). The van der Waals surface area contributed by atoms with Gasteiger partial charge in [-0.25, -0.2) is 0 Å². The van der Waals surface area contributed by atoms with Crippen molar-refractivity contribution in [2.45, 2.75) is 6.42 Å². The number of nitroso groups, excluding NO2 is 1. The summed E-state index contributed by atoms with van der Waals surface area (Å²) in [6.45, 7) is 0.500. The predicted octanol–water partition coefficient (Wildman–Crippen LogP) is 1.52. The molecule has 0 radical (unpaired) electrons. The van der Waals surface area contributed by atoms with Crippen molar-refractivity contribution in [3.8, 4) is 11.5 Å². The van der Waals surface area contributed by atoms with Crippen molar-refractivity contribution in [2.75, 3.05) is 20.8 Å². The number of benzene rings is 1. The van der Waals surface area contributed by atoms with Gasteiger partial charge in [0.25, 0.3) is 0 Å². The number of nitrogens with zero attached hydrogens (tertiary/aromatic N) is 1. The van der Waals surface area contributed by atoms with Crippen molar-refractivity contribution in [1.82, 2.24) is 5.43 Å². The van der Waals surface area contributed by atoms with Crippen LogP contribution in [0.3, 0.4) is 0 Å². The molecule has 0 unspecified atom stereocenters. The average Bonchev–Trinajstić information content (AvgIpc) is 2.29. The van der Waals surface area contributed by atoms with E-state index in [9.17, 15) is 4.91 Å². The highest BCUT2D eigenvalue weighted by Gasteiger charge is 2.01. The Balaban J connectivity index is 2.72. The lowest BCUT2D eigenvalue weighted by molar-refractivity contribution is 0.393. The maximum absolute atomic E-state index is 9.83. The highest BCUT2D eigenvalue weighted by Crippen LogP contribution is 2.22. The fraction of sp³-hybridized carbons (Fsp3) is 0.400. The molecule has 1 N–H and O–H groups in total. The van der Waals surface area contributed by atoms with Crippen LogP contribution in [0.4, 0.5) is 0 Å². The van der Waals surface area contributed by atoms with Crippen molar-refractivity contribution in [1.29, 1.82) is 0 Å². The number of ether oxygens (including phenoxy) is 2. The number of hydrogen-bond acceptors (Lipinski definition) is 4. The second-order valence-corrected chi connectivity index (χ2v) is 2.97. The standard InChI is InChI=1S/C10H14N2O3/c1-14-9-5-8(3-4-11-12-13)6-10(7-9)15-2/h5-7H,3-4H2,1-2H3,(H,11,13). The van der Waals surface area contributed by atoms with Gasteiger partial charge < -0.3 is 9.47 Å². The second kappa shape index (κ2) is 5.85. The predicted molar refractivity (Wildman–Crippen MR) is 57.0 cm³/mol. The van der Waals surface area contributed by atoms with Gasteiger partial charge >= 0.3 is 0 Å². The molecular weight excluding hydrogens is 196 g/mol. The van der Waals surface area contributed by atoms with Gasteiger partial charge in [-0.05, 0) is 24.1 Å². The molecule has 0 atom stereocenters. The maximum Gasteiger partial charge on any atom is 0.122 e. The van der Waals surface area contributed by atoms with Crippen molar-refractivity contribution < 1.29 is 9.47 Å². The Labute approximate surface area is 88.3 Å². The summed E-state index contributed by atoms with van der Waals surface area (Å²) in [4.78, 5) is 9.83. The lowest BCUT2D eigenvalue weighted by Gasteiger charge is -2.07. The van der Waals surface area contributed by atoms with E-state index in [1.807, 2.05) is 12.1 Å². The first-order valence-electron chi connectivity index (χ1n) is 4.57. The highest BCUT2D eigenvalue weighted by molar-refractivity contribution is 5.38. The fourth-order valence-corrected chi connectivity index (χ4v) is 1.26. The molecule has 0 amide bonds. The molecule has 0 aliphatic rings. The molecule has 1 aromatic carbocycles. The zero-order valence-electron chi connectivity index (χ0n) is 8.82. The maximum atomic E-state index is 9.83. The van der Waals surface area contributed by atoms with Gasteiger partial charge in [-0.2, -0.15) is 0 Å². The quantitative estimate of drug-likeness (QED) is 0.439. The molecule has 5 heteroatoms. The van der Waals surface area contributed by atoms with E-state index in [1.165, 1.54) is 0 Å². The summed E-state index contributed by atoms with van der Waals surface area (Å²) in [6.07, 6.45) is 0.694. The molecule has 82 valence electrons. The minimum atomic E-state index is 0.500. The van der Waals surface area contributed by atoms with E-state index in [4.69, 9.17) is 9.47 Å². The number of nitrogens with one attached hydrogen (secondary N) is 1. The Kier molecular flexibility index (Phi) is 4.40. The van der Waals surface area contributed by atoms with Crippen LogP contribution in [0.25, 0.3) is 0 Å². The normalized spacial score (nSPS) is 9.47. The van der Waals surface area contributed by atoms with Crippen LogP contribution in [0.15, 0.2) is 23.5 Å². The van der Waals surface area contributed by atoms with E-state index in [1.54, 1.807) is 20.3 Å². The third-order valence-corrected chi connectivity index (χ3v) is 2.00. The van der Waals surface area contributed by atoms with Crippen LogP contribution in [0.2, 0.25) is 0 Å². The van der Waals surface area contributed by atoms with Gasteiger partial charge in [0, 0.05) is 17.9 Å². The summed E-state index contributed by atoms with van der Waals surface area (Å²) in [7, 11) is 3.20. The van der Waals surface area contributed by atoms with Crippen LogP contribution in [-0.4, -0.2) is 20.8 Å². The highest BCUT2D eigenvalue weighted by atomic mass is 16.5. The average molecular weight is 210 g/mol. The van der Waals surface area contributed by atoms with E-state index in [2.05, 4.69) is 10.7 Å². The third kappa shape index (κ3) is 3.46. The number of rotatable bonds is 6. The summed E-state index contributed by atoms with van der Waals surface area (Å²) < 4.78 is 10.2. The van der Waals surface area contributed by atoms with Gasteiger partial charge in [0.2, 0.25) is 0 Å². The molecular formula is C10H14N2O3. The summed E-state index contributed by atoms with van der Waals surface area (Å²) in [5, 5.41) is 2.57. The molecule has 5 nitrogen and oxygen atoms in total. The molecule has 15 heavy (non-hydrogen) atoms. The van der Waals surface area contributed by atoms with Crippen molar-refractivity contribution in [2.24, 2.45) is 5.29 Å². The summed E-state index contributed by atoms with van der Waals surface area (Å²) in [5.41, 5.74) is 3.39. The minimum Gasteiger partial charge on any atom is -0.497 e.